The summed E-state index contributed by atoms with van der Waals surface area (Å²) in [6.07, 6.45) is 1.70. The van der Waals surface area contributed by atoms with Crippen molar-refractivity contribution in [3.8, 4) is 11.5 Å². The van der Waals surface area contributed by atoms with Crippen molar-refractivity contribution in [1.82, 2.24) is 9.88 Å². The number of nitrogens with zero attached hydrogens (tertiary/aromatic N) is 2. The highest BCUT2D eigenvalue weighted by Gasteiger charge is 2.29. The van der Waals surface area contributed by atoms with Crippen molar-refractivity contribution >= 4 is 11.7 Å². The number of hydrogen-bond acceptors (Lipinski definition) is 4. The number of carbonyl (C=O) groups excluding carboxylic acids is 1. The number of fused-ring (bicyclic) bond motifs is 1. The van der Waals surface area contributed by atoms with E-state index in [0.29, 0.717) is 13.1 Å². The van der Waals surface area contributed by atoms with Crippen LogP contribution >= 0.6 is 0 Å². The van der Waals surface area contributed by atoms with Gasteiger partial charge in [0.05, 0.1) is 6.54 Å². The number of aromatic nitrogens is 1. The van der Waals surface area contributed by atoms with Gasteiger partial charge in [0.2, 0.25) is 0 Å². The van der Waals surface area contributed by atoms with Crippen molar-refractivity contribution in [3.05, 3.63) is 83.0 Å². The highest BCUT2D eigenvalue weighted by atomic mass is 16.5. The monoisotopic (exact) mass is 387 g/mol. The van der Waals surface area contributed by atoms with Crippen molar-refractivity contribution in [2.75, 3.05) is 11.9 Å². The Bertz CT molecular complexity index is 1030. The molecule has 1 atom stereocenters. The Balaban J connectivity index is 1.47. The Morgan fingerprint density at radius 3 is 2.66 bits per heavy atom. The van der Waals surface area contributed by atoms with Crippen LogP contribution in [-0.4, -0.2) is 22.3 Å². The first-order valence-electron chi connectivity index (χ1n) is 9.93. The largest absolute Gasteiger partial charge is 0.457 e. The molecule has 148 valence electrons. The number of aryl methyl sites for hydroxylation is 1. The van der Waals surface area contributed by atoms with E-state index in [9.17, 15) is 4.79 Å². The van der Waals surface area contributed by atoms with Gasteiger partial charge in [0.25, 0.3) is 5.91 Å². The second-order valence-corrected chi connectivity index (χ2v) is 7.36. The SMILES string of the molecule is CCN1Cc2c(ccnc2N[C@@H](C)c2ccc(Oc3cccc(C)c3)cc2)C1=O. The third kappa shape index (κ3) is 3.94. The maximum Gasteiger partial charge on any atom is 0.254 e. The molecule has 0 bridgehead atoms. The van der Waals surface area contributed by atoms with Gasteiger partial charge in [-0.15, -0.1) is 0 Å². The summed E-state index contributed by atoms with van der Waals surface area (Å²) in [5.74, 6) is 2.49. The van der Waals surface area contributed by atoms with Crippen LogP contribution in [0.25, 0.3) is 0 Å². The van der Waals surface area contributed by atoms with Gasteiger partial charge in [0.1, 0.15) is 17.3 Å². The summed E-state index contributed by atoms with van der Waals surface area (Å²) in [6, 6.07) is 17.9. The Morgan fingerprint density at radius 1 is 1.14 bits per heavy atom. The van der Waals surface area contributed by atoms with Crippen LogP contribution in [0.3, 0.4) is 0 Å². The van der Waals surface area contributed by atoms with Crippen molar-refractivity contribution in [2.24, 2.45) is 0 Å². The number of pyridine rings is 1. The zero-order chi connectivity index (χ0) is 20.4. The summed E-state index contributed by atoms with van der Waals surface area (Å²) in [4.78, 5) is 18.7. The molecule has 0 aliphatic carbocycles. The van der Waals surface area contributed by atoms with Crippen LogP contribution in [0, 0.1) is 6.92 Å². The first-order chi connectivity index (χ1) is 14.0. The lowest BCUT2D eigenvalue weighted by molar-refractivity contribution is 0.0787. The predicted molar refractivity (Wildman–Crippen MR) is 114 cm³/mol. The fourth-order valence-electron chi connectivity index (χ4n) is 3.59. The van der Waals surface area contributed by atoms with Crippen molar-refractivity contribution in [2.45, 2.75) is 33.4 Å². The minimum Gasteiger partial charge on any atom is -0.457 e. The molecule has 0 saturated heterocycles. The molecule has 1 amide bonds. The molecule has 0 fully saturated rings. The van der Waals surface area contributed by atoms with E-state index in [1.807, 2.05) is 55.1 Å². The predicted octanol–water partition coefficient (Wildman–Crippen LogP) is 5.33. The Labute approximate surface area is 171 Å². The van der Waals surface area contributed by atoms with Crippen LogP contribution in [0.15, 0.2) is 60.8 Å². The van der Waals surface area contributed by atoms with Crippen LogP contribution in [0.5, 0.6) is 11.5 Å². The molecule has 3 aromatic rings. The number of benzene rings is 2. The minimum absolute atomic E-state index is 0.0489. The lowest BCUT2D eigenvalue weighted by atomic mass is 10.1. The molecule has 1 aliphatic heterocycles. The topological polar surface area (TPSA) is 54.5 Å². The van der Waals surface area contributed by atoms with Crippen LogP contribution in [0.4, 0.5) is 5.82 Å². The van der Waals surface area contributed by atoms with Gasteiger partial charge in [-0.05, 0) is 62.2 Å². The fourth-order valence-corrected chi connectivity index (χ4v) is 3.59. The van der Waals surface area contributed by atoms with Crippen molar-refractivity contribution < 1.29 is 9.53 Å². The number of ether oxygens (including phenoxy) is 1. The van der Waals surface area contributed by atoms with Gasteiger partial charge in [-0.2, -0.15) is 0 Å². The van der Waals surface area contributed by atoms with Gasteiger partial charge in [0.15, 0.2) is 0 Å². The number of amides is 1. The number of nitrogens with one attached hydrogen (secondary N) is 1. The standard InChI is InChI=1S/C24H25N3O2/c1-4-27-15-22-21(24(27)28)12-13-25-23(22)26-17(3)18-8-10-19(11-9-18)29-20-7-5-6-16(2)14-20/h5-14,17H,4,15H2,1-3H3,(H,25,26)/t17-/m0/s1. The van der Waals surface area contributed by atoms with Gasteiger partial charge in [0, 0.05) is 29.9 Å². The van der Waals surface area contributed by atoms with E-state index in [-0.39, 0.29) is 11.9 Å². The zero-order valence-electron chi connectivity index (χ0n) is 17.0. The minimum atomic E-state index is 0.0489. The molecule has 29 heavy (non-hydrogen) atoms. The Hall–Kier alpha value is -3.34. The number of rotatable bonds is 6. The van der Waals surface area contributed by atoms with Crippen LogP contribution < -0.4 is 10.1 Å². The molecule has 1 aromatic heterocycles. The lowest BCUT2D eigenvalue weighted by Crippen LogP contribution is -2.22. The first-order valence-corrected chi connectivity index (χ1v) is 9.93. The van der Waals surface area contributed by atoms with Crippen LogP contribution in [-0.2, 0) is 6.54 Å². The molecule has 4 rings (SSSR count). The van der Waals surface area contributed by atoms with E-state index in [1.54, 1.807) is 12.3 Å². The summed E-state index contributed by atoms with van der Waals surface area (Å²) in [5.41, 5.74) is 4.02. The molecule has 0 saturated carbocycles. The molecule has 0 radical (unpaired) electrons. The van der Waals surface area contributed by atoms with E-state index < -0.39 is 0 Å². The second-order valence-electron chi connectivity index (χ2n) is 7.36. The van der Waals surface area contributed by atoms with Gasteiger partial charge in [-0.25, -0.2) is 4.98 Å². The molecule has 1 aliphatic rings. The van der Waals surface area contributed by atoms with Crippen molar-refractivity contribution in [3.63, 3.8) is 0 Å². The van der Waals surface area contributed by atoms with E-state index in [4.69, 9.17) is 4.74 Å². The molecule has 5 heteroatoms. The third-order valence-electron chi connectivity index (χ3n) is 5.26. The summed E-state index contributed by atoms with van der Waals surface area (Å²) >= 11 is 0. The number of carbonyl (C=O) groups is 1. The van der Waals surface area contributed by atoms with Gasteiger partial charge < -0.3 is 15.0 Å². The van der Waals surface area contributed by atoms with E-state index in [2.05, 4.69) is 29.4 Å². The molecule has 1 N–H and O–H groups in total. The Kier molecular flexibility index (Phi) is 5.21. The van der Waals surface area contributed by atoms with Crippen LogP contribution in [0.1, 0.15) is 46.9 Å². The first kappa shape index (κ1) is 19.0. The second kappa shape index (κ2) is 7.95. The van der Waals surface area contributed by atoms with Gasteiger partial charge in [-0.3, -0.25) is 4.79 Å². The number of hydrogen-bond donors (Lipinski definition) is 1. The molecular formula is C24H25N3O2. The average Bonchev–Trinajstić information content (AvgIpc) is 3.05. The smallest absolute Gasteiger partial charge is 0.254 e. The summed E-state index contributed by atoms with van der Waals surface area (Å²) in [5, 5.41) is 3.47. The van der Waals surface area contributed by atoms with Crippen LogP contribution in [0.2, 0.25) is 0 Å². The molecule has 2 aromatic carbocycles. The Morgan fingerprint density at radius 2 is 1.93 bits per heavy atom. The molecule has 2 heterocycles. The maximum atomic E-state index is 12.4. The van der Waals surface area contributed by atoms with E-state index >= 15 is 0 Å². The summed E-state index contributed by atoms with van der Waals surface area (Å²) in [6.45, 7) is 7.44. The number of anilines is 1. The third-order valence-corrected chi connectivity index (χ3v) is 5.26. The zero-order valence-corrected chi connectivity index (χ0v) is 17.0. The molecule has 0 unspecified atom stereocenters. The normalized spacial score (nSPS) is 13.9. The highest BCUT2D eigenvalue weighted by molar-refractivity contribution is 5.99. The van der Waals surface area contributed by atoms with Gasteiger partial charge in [-0.1, -0.05) is 24.3 Å². The molecular weight excluding hydrogens is 362 g/mol. The fraction of sp³-hybridized carbons (Fsp3) is 0.250. The van der Waals surface area contributed by atoms with Gasteiger partial charge >= 0.3 is 0 Å². The molecule has 0 spiro atoms. The summed E-state index contributed by atoms with van der Waals surface area (Å²) in [7, 11) is 0. The molecule has 5 nitrogen and oxygen atoms in total. The van der Waals surface area contributed by atoms with E-state index in [0.717, 1.165) is 34.0 Å². The van der Waals surface area contributed by atoms with Crippen molar-refractivity contribution in [1.29, 1.82) is 0 Å². The summed E-state index contributed by atoms with van der Waals surface area (Å²) < 4.78 is 5.93. The van der Waals surface area contributed by atoms with E-state index in [1.165, 1.54) is 5.56 Å². The lowest BCUT2D eigenvalue weighted by Gasteiger charge is -2.18. The maximum absolute atomic E-state index is 12.4. The highest BCUT2D eigenvalue weighted by Crippen LogP contribution is 2.30. The quantitative estimate of drug-likeness (QED) is 0.621. The average molecular weight is 387 g/mol.